The molecule has 4 N–H and O–H groups in total. The van der Waals surface area contributed by atoms with Gasteiger partial charge >= 0.3 is 19.9 Å². The third-order valence-corrected chi connectivity index (χ3v) is 10.7. The Bertz CT molecular complexity index is 2140. The summed E-state index contributed by atoms with van der Waals surface area (Å²) in [5.74, 6) is -4.07. The second-order valence-electron chi connectivity index (χ2n) is 15.4. The number of carbonyl (C=O) groups is 3. The van der Waals surface area contributed by atoms with E-state index in [-0.39, 0.29) is 96.4 Å². The normalized spacial score (nSPS) is 18.8. The number of esters is 1. The van der Waals surface area contributed by atoms with Gasteiger partial charge in [0.25, 0.3) is 0 Å². The molecule has 1 aliphatic heterocycles. The quantitative estimate of drug-likeness (QED) is 0.0251. The van der Waals surface area contributed by atoms with Crippen molar-refractivity contribution in [2.45, 2.75) is 50.6 Å². The lowest BCUT2D eigenvalue weighted by molar-refractivity contribution is -0.118. The van der Waals surface area contributed by atoms with Gasteiger partial charge < -0.3 is 53.6 Å². The Morgan fingerprint density at radius 2 is 1.56 bits per heavy atom. The second kappa shape index (κ2) is 24.3. The van der Waals surface area contributed by atoms with Gasteiger partial charge in [0.05, 0.1) is 81.1 Å². The number of carbonyl (C=O) groups excluding carboxylic acids is 3. The summed E-state index contributed by atoms with van der Waals surface area (Å²) in [7, 11) is -1.70. The number of amides is 1. The van der Waals surface area contributed by atoms with E-state index in [0.29, 0.717) is 6.42 Å². The van der Waals surface area contributed by atoms with Crippen molar-refractivity contribution < 1.29 is 75.2 Å². The standard InChI is InChI=1S/C42H52Cl2F2N3O14P/c1-41(2,3)23-34-42(24-47-4,29-11-10-27(43)22-31(29)45)35(28-7-6-8-30(44)36(28)46)37(49-34)38(50)48-32-12-9-26(21-33(32)56-5)39(51)61-25-62-40(52)60-19-17-58-15-13-57-14-16-59-18-20-63-64(53,54)55/h6-12,21-22,24,34-35,37,49H,13-20,23,25H2,1-5H3,(H,48,50)(H2,53,54,55). The SMILES string of the molecule is CN=CC1(c2ccc(Cl)cc2F)C(CC(C)(C)C)NC(C(=O)Nc2ccc(C(=O)OCOC(=O)OCCOCCOCCOCCOP(=O)(O)O)cc2OC)C1c1cccc(Cl)c1F. The topological polar surface area (TPSA) is 219 Å². The maximum atomic E-state index is 16.2. The van der Waals surface area contributed by atoms with E-state index >= 15 is 8.78 Å². The van der Waals surface area contributed by atoms with E-state index in [0.717, 1.165) is 6.07 Å². The van der Waals surface area contributed by atoms with Gasteiger partial charge in [-0.2, -0.15) is 0 Å². The maximum absolute atomic E-state index is 16.2. The number of phosphoric acid groups is 1. The number of methoxy groups -OCH3 is 1. The van der Waals surface area contributed by atoms with Gasteiger partial charge in [-0.3, -0.25) is 14.3 Å². The summed E-state index contributed by atoms with van der Waals surface area (Å²) >= 11 is 12.5. The van der Waals surface area contributed by atoms with E-state index in [1.54, 1.807) is 12.3 Å². The van der Waals surface area contributed by atoms with Gasteiger partial charge in [-0.05, 0) is 53.8 Å². The van der Waals surface area contributed by atoms with E-state index in [1.807, 2.05) is 20.8 Å². The molecule has 1 heterocycles. The molecular formula is C42H52Cl2F2N3O14P. The molecule has 3 aromatic rings. The smallest absolute Gasteiger partial charge is 0.495 e. The molecule has 3 aromatic carbocycles. The Hall–Kier alpha value is -4.27. The van der Waals surface area contributed by atoms with Crippen molar-refractivity contribution in [1.82, 2.24) is 5.32 Å². The average Bonchev–Trinajstić information content (AvgIpc) is 3.52. The van der Waals surface area contributed by atoms with Crippen LogP contribution in [0.25, 0.3) is 0 Å². The van der Waals surface area contributed by atoms with E-state index < -0.39 is 67.7 Å². The third-order valence-electron chi connectivity index (χ3n) is 9.70. The highest BCUT2D eigenvalue weighted by Gasteiger charge is 2.59. The molecule has 0 radical (unpaired) electrons. The van der Waals surface area contributed by atoms with Crippen LogP contribution in [0.5, 0.6) is 5.75 Å². The average molecular weight is 963 g/mol. The summed E-state index contributed by atoms with van der Waals surface area (Å²) in [6.07, 6.45) is 0.809. The van der Waals surface area contributed by atoms with Crippen LogP contribution in [0.2, 0.25) is 10.0 Å². The molecule has 352 valence electrons. The number of aliphatic imine (C=N–C) groups is 1. The van der Waals surface area contributed by atoms with E-state index in [1.165, 1.54) is 56.6 Å². The Morgan fingerprint density at radius 1 is 0.906 bits per heavy atom. The molecule has 0 spiro atoms. The first kappa shape index (κ1) is 52.4. The number of anilines is 1. The van der Waals surface area contributed by atoms with Crippen LogP contribution in [0, 0.1) is 17.0 Å². The fourth-order valence-corrected chi connectivity index (χ4v) is 7.84. The first-order chi connectivity index (χ1) is 30.3. The van der Waals surface area contributed by atoms with Crippen molar-refractivity contribution in [2.75, 3.05) is 79.1 Å². The summed E-state index contributed by atoms with van der Waals surface area (Å²) in [4.78, 5) is 61.0. The van der Waals surface area contributed by atoms with Crippen molar-refractivity contribution in [3.8, 4) is 5.75 Å². The second-order valence-corrected chi connectivity index (χ2v) is 17.5. The minimum Gasteiger partial charge on any atom is -0.495 e. The van der Waals surface area contributed by atoms with Crippen LogP contribution in [0.1, 0.15) is 54.6 Å². The van der Waals surface area contributed by atoms with Gasteiger partial charge in [0.2, 0.25) is 12.7 Å². The minimum absolute atomic E-state index is 0.0123. The summed E-state index contributed by atoms with van der Waals surface area (Å²) in [6.45, 7) is 5.47. The zero-order valence-corrected chi connectivity index (χ0v) is 38.2. The van der Waals surface area contributed by atoms with Crippen LogP contribution < -0.4 is 15.4 Å². The molecule has 0 aliphatic carbocycles. The van der Waals surface area contributed by atoms with Crippen molar-refractivity contribution in [3.63, 3.8) is 0 Å². The molecule has 64 heavy (non-hydrogen) atoms. The van der Waals surface area contributed by atoms with Crippen molar-refractivity contribution in [3.05, 3.63) is 93.0 Å². The van der Waals surface area contributed by atoms with Crippen LogP contribution in [-0.4, -0.2) is 120 Å². The molecule has 1 fully saturated rings. The number of nitrogens with one attached hydrogen (secondary N) is 2. The molecule has 0 aromatic heterocycles. The van der Waals surface area contributed by atoms with E-state index in [2.05, 4.69) is 20.1 Å². The third kappa shape index (κ3) is 14.9. The summed E-state index contributed by atoms with van der Waals surface area (Å²) in [5, 5.41) is 6.18. The molecule has 1 saturated heterocycles. The number of ether oxygens (including phenoxy) is 7. The number of phosphoric ester groups is 1. The van der Waals surface area contributed by atoms with Gasteiger partial charge in [-0.25, -0.2) is 22.9 Å². The molecular weight excluding hydrogens is 910 g/mol. The zero-order chi connectivity index (χ0) is 47.1. The fourth-order valence-electron chi connectivity index (χ4n) is 7.19. The Balaban J connectivity index is 1.38. The lowest BCUT2D eigenvalue weighted by Crippen LogP contribution is -2.47. The molecule has 0 bridgehead atoms. The molecule has 4 rings (SSSR count). The predicted molar refractivity (Wildman–Crippen MR) is 231 cm³/mol. The number of benzene rings is 3. The Kier molecular flexibility index (Phi) is 19.9. The summed E-state index contributed by atoms with van der Waals surface area (Å²) in [6, 6.07) is 10.8. The predicted octanol–water partition coefficient (Wildman–Crippen LogP) is 6.84. The molecule has 4 atom stereocenters. The highest BCUT2D eigenvalue weighted by atomic mass is 35.5. The van der Waals surface area contributed by atoms with Gasteiger partial charge in [0.1, 0.15) is 24.0 Å². The number of halogens is 4. The molecule has 1 aliphatic rings. The van der Waals surface area contributed by atoms with Crippen LogP contribution >= 0.6 is 31.0 Å². The van der Waals surface area contributed by atoms with Crippen LogP contribution in [0.3, 0.4) is 0 Å². The summed E-state index contributed by atoms with van der Waals surface area (Å²) < 4.78 is 83.1. The van der Waals surface area contributed by atoms with E-state index in [9.17, 15) is 18.9 Å². The molecule has 0 saturated carbocycles. The Labute approximate surface area is 379 Å². The van der Waals surface area contributed by atoms with Crippen molar-refractivity contribution >= 4 is 61.0 Å². The number of hydrogen-bond donors (Lipinski definition) is 4. The van der Waals surface area contributed by atoms with Crippen LogP contribution in [0.4, 0.5) is 19.3 Å². The zero-order valence-electron chi connectivity index (χ0n) is 35.8. The molecule has 22 heteroatoms. The monoisotopic (exact) mass is 961 g/mol. The Morgan fingerprint density at radius 3 is 2.17 bits per heavy atom. The highest BCUT2D eigenvalue weighted by Crippen LogP contribution is 2.52. The van der Waals surface area contributed by atoms with Gasteiger partial charge in [0, 0.05) is 35.8 Å². The highest BCUT2D eigenvalue weighted by molar-refractivity contribution is 7.46. The largest absolute Gasteiger partial charge is 0.511 e. The van der Waals surface area contributed by atoms with Gasteiger partial charge in [-0.1, -0.05) is 62.2 Å². The van der Waals surface area contributed by atoms with Crippen molar-refractivity contribution in [2.24, 2.45) is 10.4 Å². The lowest BCUT2D eigenvalue weighted by atomic mass is 9.62. The molecule has 17 nitrogen and oxygen atoms in total. The fraction of sp³-hybridized carbons (Fsp3) is 0.476. The van der Waals surface area contributed by atoms with Crippen LogP contribution in [0.15, 0.2) is 59.6 Å². The minimum atomic E-state index is -4.53. The summed E-state index contributed by atoms with van der Waals surface area (Å²) in [5.41, 5.74) is -1.52. The first-order valence-electron chi connectivity index (χ1n) is 19.8. The molecule has 1 amide bonds. The van der Waals surface area contributed by atoms with E-state index in [4.69, 9.17) is 66.1 Å². The van der Waals surface area contributed by atoms with Gasteiger partial charge in [-0.15, -0.1) is 0 Å². The number of hydrogen-bond acceptors (Lipinski definition) is 14. The first-order valence-corrected chi connectivity index (χ1v) is 22.1. The van der Waals surface area contributed by atoms with Crippen molar-refractivity contribution in [1.29, 1.82) is 0 Å². The molecule has 4 unspecified atom stereocenters. The van der Waals surface area contributed by atoms with Crippen LogP contribution in [-0.2, 0) is 47.7 Å². The maximum Gasteiger partial charge on any atom is 0.511 e. The lowest BCUT2D eigenvalue weighted by Gasteiger charge is -2.40. The number of rotatable bonds is 23. The van der Waals surface area contributed by atoms with Gasteiger partial charge in [0.15, 0.2) is 0 Å². The number of nitrogens with zero attached hydrogens (tertiary/aromatic N) is 1.